The van der Waals surface area contributed by atoms with Crippen molar-refractivity contribution < 1.29 is 0 Å². The van der Waals surface area contributed by atoms with Crippen molar-refractivity contribution in [1.82, 2.24) is 10.6 Å². The second-order valence-electron chi connectivity index (χ2n) is 5.85. The molecule has 1 atom stereocenters. The van der Waals surface area contributed by atoms with Crippen LogP contribution in [0, 0.1) is 5.92 Å². The summed E-state index contributed by atoms with van der Waals surface area (Å²) in [6.07, 6.45) is 14.0. The lowest BCUT2D eigenvalue weighted by atomic mass is 10.0. The van der Waals surface area contributed by atoms with Gasteiger partial charge >= 0.3 is 0 Å². The number of nitrogens with one attached hydrogen (secondary N) is 2. The van der Waals surface area contributed by atoms with Gasteiger partial charge in [0.2, 0.25) is 0 Å². The van der Waals surface area contributed by atoms with Crippen molar-refractivity contribution in [3.63, 3.8) is 0 Å². The minimum atomic E-state index is 0.742. The van der Waals surface area contributed by atoms with Crippen LogP contribution in [0.2, 0.25) is 0 Å². The minimum absolute atomic E-state index is 0.742. The van der Waals surface area contributed by atoms with Crippen LogP contribution in [0.25, 0.3) is 0 Å². The first kappa shape index (κ1) is 20.6. The van der Waals surface area contributed by atoms with Gasteiger partial charge in [0.25, 0.3) is 0 Å². The van der Waals surface area contributed by atoms with Crippen molar-refractivity contribution in [2.24, 2.45) is 5.92 Å². The summed E-state index contributed by atoms with van der Waals surface area (Å²) in [5.41, 5.74) is 2.81. The van der Waals surface area contributed by atoms with Gasteiger partial charge in [0.05, 0.1) is 0 Å². The summed E-state index contributed by atoms with van der Waals surface area (Å²) in [4.78, 5) is 0. The highest BCUT2D eigenvalue weighted by Crippen LogP contribution is 2.11. The molecule has 0 spiro atoms. The van der Waals surface area contributed by atoms with Crippen LogP contribution >= 0.6 is 11.8 Å². The Morgan fingerprint density at radius 3 is 2.67 bits per heavy atom. The van der Waals surface area contributed by atoms with Gasteiger partial charge in [-0.25, -0.2) is 0 Å². The summed E-state index contributed by atoms with van der Waals surface area (Å²) in [5, 5.41) is 6.89. The molecule has 0 amide bonds. The molecular formula is C18H36N2S. The summed E-state index contributed by atoms with van der Waals surface area (Å²) in [6, 6.07) is 0. The molecule has 21 heavy (non-hydrogen) atoms. The zero-order chi connectivity index (χ0) is 15.9. The highest BCUT2D eigenvalue weighted by Gasteiger charge is 2.00. The average molecular weight is 313 g/mol. The van der Waals surface area contributed by atoms with E-state index in [0.717, 1.165) is 31.2 Å². The standard InChI is InChI=1S/C18H36N2S/c1-6-8-9-18(7-2)14-20-17(4)11-10-16(3)12-13-19-15-21-5/h11,14,16,19-20H,6-10,12-13,15H2,1-5H3/b17-11+,18-14+. The van der Waals surface area contributed by atoms with Gasteiger partial charge in [0.15, 0.2) is 0 Å². The zero-order valence-corrected chi connectivity index (χ0v) is 15.6. The largest absolute Gasteiger partial charge is 0.366 e. The van der Waals surface area contributed by atoms with E-state index in [0.29, 0.717) is 0 Å². The van der Waals surface area contributed by atoms with Crippen molar-refractivity contribution in [2.45, 2.75) is 66.2 Å². The molecule has 0 bridgehead atoms. The highest BCUT2D eigenvalue weighted by atomic mass is 32.2. The average Bonchev–Trinajstić information content (AvgIpc) is 2.49. The Morgan fingerprint density at radius 1 is 1.29 bits per heavy atom. The fraction of sp³-hybridized carbons (Fsp3) is 0.778. The molecule has 0 saturated heterocycles. The number of rotatable bonds is 13. The van der Waals surface area contributed by atoms with Gasteiger partial charge in [0, 0.05) is 11.6 Å². The monoisotopic (exact) mass is 312 g/mol. The quantitative estimate of drug-likeness (QED) is 0.357. The van der Waals surface area contributed by atoms with Gasteiger partial charge < -0.3 is 10.6 Å². The molecule has 2 N–H and O–H groups in total. The number of unbranched alkanes of at least 4 members (excludes halogenated alkanes) is 1. The maximum Gasteiger partial charge on any atom is 0.0415 e. The Balaban J connectivity index is 3.97. The second kappa shape index (κ2) is 14.5. The molecule has 0 aliphatic rings. The molecule has 0 saturated carbocycles. The van der Waals surface area contributed by atoms with Crippen LogP contribution in [0.3, 0.4) is 0 Å². The van der Waals surface area contributed by atoms with Gasteiger partial charge in [-0.05, 0) is 63.9 Å². The van der Waals surface area contributed by atoms with Crippen molar-refractivity contribution in [3.05, 3.63) is 23.5 Å². The Bertz CT molecular complexity index is 298. The van der Waals surface area contributed by atoms with E-state index in [1.807, 2.05) is 11.8 Å². The molecule has 1 unspecified atom stereocenters. The van der Waals surface area contributed by atoms with E-state index in [4.69, 9.17) is 0 Å². The van der Waals surface area contributed by atoms with Crippen LogP contribution in [0.4, 0.5) is 0 Å². The maximum absolute atomic E-state index is 3.45. The van der Waals surface area contributed by atoms with Crippen LogP contribution in [0.1, 0.15) is 66.2 Å². The molecule has 3 heteroatoms. The summed E-state index contributed by atoms with van der Waals surface area (Å²) in [7, 11) is 0. The molecule has 2 nitrogen and oxygen atoms in total. The minimum Gasteiger partial charge on any atom is -0.366 e. The van der Waals surface area contributed by atoms with Crippen LogP contribution in [-0.4, -0.2) is 18.7 Å². The van der Waals surface area contributed by atoms with E-state index in [1.165, 1.54) is 37.0 Å². The predicted molar refractivity (Wildman–Crippen MR) is 99.6 cm³/mol. The zero-order valence-electron chi connectivity index (χ0n) is 14.8. The normalized spacial score (nSPS) is 14.3. The van der Waals surface area contributed by atoms with E-state index in [1.54, 1.807) is 0 Å². The first-order chi connectivity index (χ1) is 10.1. The second-order valence-corrected chi connectivity index (χ2v) is 6.72. The Labute approximate surface area is 137 Å². The van der Waals surface area contributed by atoms with Crippen molar-refractivity contribution in [1.29, 1.82) is 0 Å². The number of hydrogen-bond acceptors (Lipinski definition) is 3. The van der Waals surface area contributed by atoms with E-state index in [9.17, 15) is 0 Å². The molecule has 0 radical (unpaired) electrons. The van der Waals surface area contributed by atoms with Crippen molar-refractivity contribution in [2.75, 3.05) is 18.7 Å². The third-order valence-corrected chi connectivity index (χ3v) is 4.19. The van der Waals surface area contributed by atoms with Gasteiger partial charge in [-0.3, -0.25) is 0 Å². The lowest BCUT2D eigenvalue weighted by molar-refractivity contribution is 0.519. The van der Waals surface area contributed by atoms with Crippen molar-refractivity contribution >= 4 is 11.8 Å². The van der Waals surface area contributed by atoms with Crippen LogP contribution in [0.15, 0.2) is 23.5 Å². The van der Waals surface area contributed by atoms with Gasteiger partial charge in [-0.15, -0.1) is 11.8 Å². The van der Waals surface area contributed by atoms with E-state index >= 15 is 0 Å². The van der Waals surface area contributed by atoms with Crippen molar-refractivity contribution in [3.8, 4) is 0 Å². The molecule has 0 heterocycles. The summed E-state index contributed by atoms with van der Waals surface area (Å²) < 4.78 is 0. The van der Waals surface area contributed by atoms with Gasteiger partial charge in [-0.1, -0.05) is 38.8 Å². The highest BCUT2D eigenvalue weighted by molar-refractivity contribution is 7.98. The fourth-order valence-electron chi connectivity index (χ4n) is 2.05. The van der Waals surface area contributed by atoms with Gasteiger partial charge in [-0.2, -0.15) is 0 Å². The van der Waals surface area contributed by atoms with E-state index in [2.05, 4.69) is 56.9 Å². The first-order valence-electron chi connectivity index (χ1n) is 8.44. The number of allylic oxidation sites excluding steroid dienone is 3. The molecule has 0 rings (SSSR count). The van der Waals surface area contributed by atoms with Crippen LogP contribution < -0.4 is 10.6 Å². The van der Waals surface area contributed by atoms with Crippen LogP contribution in [0.5, 0.6) is 0 Å². The van der Waals surface area contributed by atoms with Gasteiger partial charge in [0.1, 0.15) is 0 Å². The molecule has 0 fully saturated rings. The molecule has 0 aliphatic carbocycles. The third-order valence-electron chi connectivity index (χ3n) is 3.70. The molecule has 124 valence electrons. The smallest absolute Gasteiger partial charge is 0.0415 e. The van der Waals surface area contributed by atoms with E-state index < -0.39 is 0 Å². The lowest BCUT2D eigenvalue weighted by Crippen LogP contribution is -2.16. The SMILES string of the molecule is CCCC/C(=C/N/C(C)=C/CC(C)CCNCSC)CC. The summed E-state index contributed by atoms with van der Waals surface area (Å²) in [6.45, 7) is 10.1. The predicted octanol–water partition coefficient (Wildman–Crippen LogP) is 5.29. The third kappa shape index (κ3) is 13.0. The summed E-state index contributed by atoms with van der Waals surface area (Å²) in [5.74, 6) is 1.80. The van der Waals surface area contributed by atoms with E-state index in [-0.39, 0.29) is 0 Å². The topological polar surface area (TPSA) is 24.1 Å². The lowest BCUT2D eigenvalue weighted by Gasteiger charge is -2.11. The Kier molecular flexibility index (Phi) is 14.2. The number of thioether (sulfide) groups is 1. The molecule has 0 aromatic rings. The first-order valence-corrected chi connectivity index (χ1v) is 9.84. The molecule has 0 aromatic carbocycles. The fourth-order valence-corrected chi connectivity index (χ4v) is 2.40. The Hall–Kier alpha value is -0.410. The maximum atomic E-state index is 3.45. The summed E-state index contributed by atoms with van der Waals surface area (Å²) >= 11 is 1.85. The Morgan fingerprint density at radius 2 is 2.05 bits per heavy atom. The molecule has 0 aliphatic heterocycles. The molecule has 0 aromatic heterocycles. The van der Waals surface area contributed by atoms with Crippen LogP contribution in [-0.2, 0) is 0 Å². The molecular weight excluding hydrogens is 276 g/mol. The number of hydrogen-bond donors (Lipinski definition) is 2.